The van der Waals surface area contributed by atoms with E-state index in [-0.39, 0.29) is 17.2 Å². The van der Waals surface area contributed by atoms with Gasteiger partial charge in [-0.3, -0.25) is 14.9 Å². The normalized spacial score (nSPS) is 18.3. The first-order valence-corrected chi connectivity index (χ1v) is 14.4. The molecule has 1 saturated carbocycles. The maximum atomic E-state index is 13.6. The molecular weight excluding hydrogens is 564 g/mol. The average molecular weight is 599 g/mol. The summed E-state index contributed by atoms with van der Waals surface area (Å²) in [5.74, 6) is 0.0691. The molecule has 1 aliphatic carbocycles. The van der Waals surface area contributed by atoms with Gasteiger partial charge in [-0.25, -0.2) is 9.80 Å². The summed E-state index contributed by atoms with van der Waals surface area (Å²) in [5.41, 5.74) is 3.78. The summed E-state index contributed by atoms with van der Waals surface area (Å²) in [6, 6.07) is 18.9. The Hall–Kier alpha value is -5.19. The number of benzene rings is 3. The molecule has 228 valence electrons. The number of nitrogens with one attached hydrogen (secondary N) is 1. The first-order valence-electron chi connectivity index (χ1n) is 14.4. The molecule has 11 heteroatoms. The summed E-state index contributed by atoms with van der Waals surface area (Å²) in [5, 5.41) is 20.7. The van der Waals surface area contributed by atoms with Crippen LogP contribution < -0.4 is 14.8 Å². The molecule has 5 rings (SSSR count). The van der Waals surface area contributed by atoms with Gasteiger partial charge in [-0.1, -0.05) is 24.3 Å². The predicted molar refractivity (Wildman–Crippen MR) is 166 cm³/mol. The zero-order valence-electron chi connectivity index (χ0n) is 24.8. The van der Waals surface area contributed by atoms with E-state index in [1.54, 1.807) is 14.2 Å². The molecule has 1 amide bonds. The van der Waals surface area contributed by atoms with Gasteiger partial charge in [0.05, 0.1) is 36.5 Å². The van der Waals surface area contributed by atoms with Gasteiger partial charge >= 0.3 is 5.97 Å². The Morgan fingerprint density at radius 3 is 2.36 bits per heavy atom. The van der Waals surface area contributed by atoms with Gasteiger partial charge in [0, 0.05) is 18.5 Å². The highest BCUT2D eigenvalue weighted by Crippen LogP contribution is 2.44. The lowest BCUT2D eigenvalue weighted by atomic mass is 9.77. The molecule has 0 bridgehead atoms. The number of hydrogen-bond acceptors (Lipinski definition) is 9. The lowest BCUT2D eigenvalue weighted by Gasteiger charge is -2.29. The largest absolute Gasteiger partial charge is 0.497 e. The van der Waals surface area contributed by atoms with E-state index in [4.69, 9.17) is 19.3 Å². The van der Waals surface area contributed by atoms with Crippen LogP contribution in [0.5, 0.6) is 11.5 Å². The molecule has 3 aromatic carbocycles. The number of nitro benzene ring substituents is 1. The zero-order chi connectivity index (χ0) is 31.2. The van der Waals surface area contributed by atoms with Crippen molar-refractivity contribution in [1.29, 1.82) is 0 Å². The number of hydrogen-bond donors (Lipinski definition) is 1. The highest BCUT2D eigenvalue weighted by molar-refractivity contribution is 6.08. The molecule has 1 aliphatic heterocycles. The molecule has 2 aliphatic rings. The summed E-state index contributed by atoms with van der Waals surface area (Å²) >= 11 is 0. The number of amides is 1. The maximum Gasteiger partial charge on any atom is 0.338 e. The van der Waals surface area contributed by atoms with Crippen LogP contribution in [-0.2, 0) is 9.53 Å². The third-order valence-electron chi connectivity index (χ3n) is 7.80. The van der Waals surface area contributed by atoms with Crippen molar-refractivity contribution in [1.82, 2.24) is 5.01 Å². The smallest absolute Gasteiger partial charge is 0.338 e. The first kappa shape index (κ1) is 30.3. The number of methoxy groups -OCH3 is 2. The van der Waals surface area contributed by atoms with Crippen LogP contribution in [-0.4, -0.2) is 54.9 Å². The van der Waals surface area contributed by atoms with Gasteiger partial charge < -0.3 is 19.5 Å². The second-order valence-electron chi connectivity index (χ2n) is 10.5. The minimum atomic E-state index is -0.838. The van der Waals surface area contributed by atoms with Crippen LogP contribution in [0.2, 0.25) is 0 Å². The van der Waals surface area contributed by atoms with Gasteiger partial charge in [0.15, 0.2) is 6.61 Å². The van der Waals surface area contributed by atoms with Crippen molar-refractivity contribution in [2.75, 3.05) is 32.7 Å². The Morgan fingerprint density at radius 1 is 1.05 bits per heavy atom. The van der Waals surface area contributed by atoms with Crippen molar-refractivity contribution in [3.8, 4) is 11.5 Å². The molecule has 1 fully saturated rings. The number of rotatable bonds is 10. The molecule has 0 aromatic heterocycles. The van der Waals surface area contributed by atoms with E-state index in [0.717, 1.165) is 53.5 Å². The lowest BCUT2D eigenvalue weighted by molar-refractivity contribution is -0.384. The van der Waals surface area contributed by atoms with Crippen molar-refractivity contribution in [2.24, 2.45) is 11.0 Å². The number of nitrogens with zero attached hydrogens (tertiary/aromatic N) is 3. The molecular formula is C33H34N4O7. The van der Waals surface area contributed by atoms with Gasteiger partial charge in [0.1, 0.15) is 17.2 Å². The summed E-state index contributed by atoms with van der Waals surface area (Å²) in [4.78, 5) is 37.5. The Labute approximate surface area is 255 Å². The number of ether oxygens (including phenoxy) is 3. The third-order valence-corrected chi connectivity index (χ3v) is 7.80. The van der Waals surface area contributed by atoms with Crippen molar-refractivity contribution in [3.05, 3.63) is 99.1 Å². The number of fused-ring (bicyclic) bond motifs is 1. The van der Waals surface area contributed by atoms with Crippen LogP contribution in [0.1, 0.15) is 53.7 Å². The van der Waals surface area contributed by atoms with Gasteiger partial charge in [0.2, 0.25) is 0 Å². The number of esters is 1. The molecule has 0 saturated heterocycles. The highest BCUT2D eigenvalue weighted by Gasteiger charge is 2.44. The number of carbonyl (C=O) groups is 2. The monoisotopic (exact) mass is 598 g/mol. The van der Waals surface area contributed by atoms with E-state index in [0.29, 0.717) is 18.0 Å². The fraction of sp³-hybridized carbons (Fsp3) is 0.303. The molecule has 0 radical (unpaired) electrons. The Morgan fingerprint density at radius 2 is 1.73 bits per heavy atom. The molecule has 3 aromatic rings. The van der Waals surface area contributed by atoms with Gasteiger partial charge in [0.25, 0.3) is 11.6 Å². The fourth-order valence-corrected chi connectivity index (χ4v) is 5.67. The molecule has 44 heavy (non-hydrogen) atoms. The number of anilines is 1. The molecule has 1 N–H and O–H groups in total. The van der Waals surface area contributed by atoms with Crippen LogP contribution in [0, 0.1) is 16.0 Å². The van der Waals surface area contributed by atoms with Crippen LogP contribution >= 0.6 is 0 Å². The molecule has 11 nitrogen and oxygen atoms in total. The Kier molecular flexibility index (Phi) is 9.23. The van der Waals surface area contributed by atoms with Crippen molar-refractivity contribution in [2.45, 2.75) is 32.2 Å². The number of nitro groups is 1. The summed E-state index contributed by atoms with van der Waals surface area (Å²) in [7, 11) is 3.22. The van der Waals surface area contributed by atoms with Crippen molar-refractivity contribution < 1.29 is 28.7 Å². The van der Waals surface area contributed by atoms with Crippen LogP contribution in [0.3, 0.4) is 0 Å². The topological polar surface area (TPSA) is 133 Å². The quantitative estimate of drug-likeness (QED) is 0.170. The second-order valence-corrected chi connectivity index (χ2v) is 10.5. The summed E-state index contributed by atoms with van der Waals surface area (Å²) < 4.78 is 16.0. The second kappa shape index (κ2) is 13.4. The minimum absolute atomic E-state index is 0.0241. The van der Waals surface area contributed by atoms with E-state index >= 15 is 0 Å². The summed E-state index contributed by atoms with van der Waals surface area (Å²) in [6.07, 6.45) is 4.67. The van der Waals surface area contributed by atoms with Crippen molar-refractivity contribution >= 4 is 35.0 Å². The minimum Gasteiger partial charge on any atom is -0.497 e. The van der Waals surface area contributed by atoms with Crippen molar-refractivity contribution in [3.63, 3.8) is 0 Å². The van der Waals surface area contributed by atoms with Gasteiger partial charge in [-0.15, -0.1) is 0 Å². The van der Waals surface area contributed by atoms with Crippen LogP contribution in [0.15, 0.2) is 77.4 Å². The van der Waals surface area contributed by atoms with Gasteiger partial charge in [-0.2, -0.15) is 5.10 Å². The maximum absolute atomic E-state index is 13.6. The molecule has 2 unspecified atom stereocenters. The van der Waals surface area contributed by atoms with E-state index in [1.807, 2.05) is 55.5 Å². The SMILES string of the molecule is CCNc1ccc(C(=O)OCC(=O)N2N=C3C(=Cc4ccc(OC)cc4)CCCC3C2c2ccc(OC)cc2)cc1[N+](=O)[O-]. The van der Waals surface area contributed by atoms with E-state index in [1.165, 1.54) is 17.1 Å². The molecule has 2 atom stereocenters. The van der Waals surface area contributed by atoms with E-state index < -0.39 is 29.4 Å². The lowest BCUT2D eigenvalue weighted by Crippen LogP contribution is -2.34. The predicted octanol–water partition coefficient (Wildman–Crippen LogP) is 6.02. The Balaban J connectivity index is 1.41. The fourth-order valence-electron chi connectivity index (χ4n) is 5.67. The Bertz CT molecular complexity index is 1600. The molecule has 1 heterocycles. The van der Waals surface area contributed by atoms with Gasteiger partial charge in [-0.05, 0) is 85.4 Å². The zero-order valence-corrected chi connectivity index (χ0v) is 24.8. The third kappa shape index (κ3) is 6.41. The van der Waals surface area contributed by atoms with Crippen LogP contribution in [0.4, 0.5) is 11.4 Å². The molecule has 0 spiro atoms. The van der Waals surface area contributed by atoms with Crippen LogP contribution in [0.25, 0.3) is 6.08 Å². The average Bonchev–Trinajstić information content (AvgIpc) is 3.45. The first-order chi connectivity index (χ1) is 21.3. The van der Waals surface area contributed by atoms with E-state index in [2.05, 4.69) is 11.4 Å². The number of hydrazone groups is 1. The highest BCUT2D eigenvalue weighted by atomic mass is 16.6. The standard InChI is InChI=1S/C33H34N4O7/c1-4-34-28-17-12-24(19-29(28)37(40)41)33(39)44-20-30(38)36-32(22-10-15-26(43-3)16-11-22)27-7-5-6-23(31(27)35-36)18-21-8-13-25(42-2)14-9-21/h8-19,27,32,34H,4-7,20H2,1-3H3. The van der Waals surface area contributed by atoms with E-state index in [9.17, 15) is 19.7 Å². The number of allylic oxidation sites excluding steroid dienone is 1. The summed E-state index contributed by atoms with van der Waals surface area (Å²) in [6.45, 7) is 1.71. The number of carbonyl (C=O) groups excluding carboxylic acids is 2.